The van der Waals surface area contributed by atoms with Crippen molar-refractivity contribution in [3.8, 4) is 0 Å². The predicted molar refractivity (Wildman–Crippen MR) is 105 cm³/mol. The van der Waals surface area contributed by atoms with Gasteiger partial charge in [-0.3, -0.25) is 4.90 Å². The van der Waals surface area contributed by atoms with Gasteiger partial charge in [0.2, 0.25) is 0 Å². The minimum atomic E-state index is 0.470. The molecule has 2 nitrogen and oxygen atoms in total. The molecule has 0 radical (unpaired) electrons. The highest BCUT2D eigenvalue weighted by molar-refractivity contribution is 5.32. The Bertz CT molecular complexity index is 600. The molecule has 2 aliphatic heterocycles. The van der Waals surface area contributed by atoms with Gasteiger partial charge in [-0.05, 0) is 50.0 Å². The van der Waals surface area contributed by atoms with Crippen LogP contribution in [-0.2, 0) is 0 Å². The molecule has 2 aliphatic rings. The summed E-state index contributed by atoms with van der Waals surface area (Å²) >= 11 is 0. The van der Waals surface area contributed by atoms with E-state index in [1.165, 1.54) is 63.0 Å². The Morgan fingerprint density at radius 2 is 1.40 bits per heavy atom. The Balaban J connectivity index is 1.54. The maximum Gasteiger partial charge on any atom is 0.0223 e. The number of benzene rings is 2. The molecule has 2 aromatic rings. The zero-order valence-corrected chi connectivity index (χ0v) is 15.2. The van der Waals surface area contributed by atoms with Crippen molar-refractivity contribution in [3.63, 3.8) is 0 Å². The molecule has 0 amide bonds. The van der Waals surface area contributed by atoms with Crippen molar-refractivity contribution < 1.29 is 0 Å². The zero-order valence-electron chi connectivity index (χ0n) is 15.2. The number of hydrogen-bond donors (Lipinski definition) is 0. The molecular weight excluding hydrogens is 304 g/mol. The maximum atomic E-state index is 2.75. The third kappa shape index (κ3) is 4.13. The van der Waals surface area contributed by atoms with Gasteiger partial charge in [0.05, 0.1) is 0 Å². The van der Waals surface area contributed by atoms with Crippen LogP contribution in [0.3, 0.4) is 0 Å². The summed E-state index contributed by atoms with van der Waals surface area (Å²) in [6.07, 6.45) is 5.51. The van der Waals surface area contributed by atoms with E-state index in [9.17, 15) is 0 Å². The van der Waals surface area contributed by atoms with Crippen LogP contribution in [-0.4, -0.2) is 48.6 Å². The summed E-state index contributed by atoms with van der Waals surface area (Å²) in [6, 6.07) is 22.9. The van der Waals surface area contributed by atoms with E-state index in [0.717, 1.165) is 12.6 Å². The average molecular weight is 335 g/mol. The minimum absolute atomic E-state index is 0.470. The molecule has 2 heteroatoms. The summed E-state index contributed by atoms with van der Waals surface area (Å²) in [5, 5.41) is 0. The highest BCUT2D eigenvalue weighted by atomic mass is 15.2. The lowest BCUT2D eigenvalue weighted by atomic mass is 9.90. The van der Waals surface area contributed by atoms with Gasteiger partial charge in [0.1, 0.15) is 0 Å². The van der Waals surface area contributed by atoms with E-state index in [1.54, 1.807) is 0 Å². The molecule has 2 heterocycles. The number of piperidine rings is 1. The molecule has 1 atom stereocenters. The largest absolute Gasteiger partial charge is 0.301 e. The van der Waals surface area contributed by atoms with E-state index in [4.69, 9.17) is 0 Å². The summed E-state index contributed by atoms with van der Waals surface area (Å²) in [4.78, 5) is 5.49. The quantitative estimate of drug-likeness (QED) is 0.819. The van der Waals surface area contributed by atoms with Crippen LogP contribution >= 0.6 is 0 Å². The van der Waals surface area contributed by atoms with E-state index in [0.29, 0.717) is 5.92 Å². The highest BCUT2D eigenvalue weighted by Crippen LogP contribution is 2.28. The first kappa shape index (κ1) is 16.8. The molecule has 0 N–H and O–H groups in total. The first-order valence-electron chi connectivity index (χ1n) is 9.96. The number of hydrogen-bond acceptors (Lipinski definition) is 2. The third-order valence-electron chi connectivity index (χ3n) is 5.98. The van der Waals surface area contributed by atoms with Crippen molar-refractivity contribution >= 4 is 0 Å². The van der Waals surface area contributed by atoms with E-state index in [-0.39, 0.29) is 0 Å². The molecule has 25 heavy (non-hydrogen) atoms. The van der Waals surface area contributed by atoms with Gasteiger partial charge in [-0.25, -0.2) is 0 Å². The third-order valence-corrected chi connectivity index (χ3v) is 5.98. The van der Waals surface area contributed by atoms with Gasteiger partial charge in [-0.15, -0.1) is 0 Å². The monoisotopic (exact) mass is 334 g/mol. The summed E-state index contributed by atoms with van der Waals surface area (Å²) in [7, 11) is 0. The van der Waals surface area contributed by atoms with Gasteiger partial charge < -0.3 is 4.90 Å². The first-order chi connectivity index (χ1) is 12.4. The average Bonchev–Trinajstić information content (AvgIpc) is 2.89. The number of fused-ring (bicyclic) bond motifs is 1. The summed E-state index contributed by atoms with van der Waals surface area (Å²) in [5.41, 5.74) is 2.89. The van der Waals surface area contributed by atoms with Crippen LogP contribution in [0.4, 0.5) is 0 Å². The predicted octanol–water partition coefficient (Wildman–Crippen LogP) is 4.38. The van der Waals surface area contributed by atoms with Crippen LogP contribution in [0.25, 0.3) is 0 Å². The molecule has 0 saturated carbocycles. The first-order valence-corrected chi connectivity index (χ1v) is 9.96. The van der Waals surface area contributed by atoms with Gasteiger partial charge in [0.25, 0.3) is 0 Å². The smallest absolute Gasteiger partial charge is 0.0223 e. The summed E-state index contributed by atoms with van der Waals surface area (Å²) in [5.74, 6) is 0.470. The Kier molecular flexibility index (Phi) is 5.49. The summed E-state index contributed by atoms with van der Waals surface area (Å²) < 4.78 is 0. The minimum Gasteiger partial charge on any atom is -0.301 e. The lowest BCUT2D eigenvalue weighted by Gasteiger charge is -2.36. The fraction of sp³-hybridized carbons (Fsp3) is 0.478. The number of rotatable bonds is 4. The molecule has 2 fully saturated rings. The van der Waals surface area contributed by atoms with Crippen molar-refractivity contribution in [3.05, 3.63) is 71.8 Å². The van der Waals surface area contributed by atoms with Crippen LogP contribution in [0.2, 0.25) is 0 Å². The molecule has 2 aromatic carbocycles. The standard InChI is InChI=1S/C23H30N2/c1-3-10-20(11-4-1)23(21-12-5-2-6-13-21)19-24-15-9-17-25-16-8-7-14-22(25)18-24/h1-6,10-13,22-23H,7-9,14-19H2. The highest BCUT2D eigenvalue weighted by Gasteiger charge is 2.28. The lowest BCUT2D eigenvalue weighted by Crippen LogP contribution is -2.44. The van der Waals surface area contributed by atoms with E-state index in [1.807, 2.05) is 0 Å². The second-order valence-electron chi connectivity index (χ2n) is 7.67. The van der Waals surface area contributed by atoms with Gasteiger partial charge in [-0.1, -0.05) is 67.1 Å². The molecule has 4 rings (SSSR count). The summed E-state index contributed by atoms with van der Waals surface area (Å²) in [6.45, 7) is 6.24. The normalized spacial score (nSPS) is 22.5. The number of nitrogens with zero attached hydrogens (tertiary/aromatic N) is 2. The molecule has 0 spiro atoms. The second kappa shape index (κ2) is 8.16. The lowest BCUT2D eigenvalue weighted by molar-refractivity contribution is 0.136. The SMILES string of the molecule is c1ccc(C(CN2CCCN3CCCCC3C2)c2ccccc2)cc1. The van der Waals surface area contributed by atoms with Gasteiger partial charge in [0.15, 0.2) is 0 Å². The molecular formula is C23H30N2. The van der Waals surface area contributed by atoms with Crippen molar-refractivity contribution in [1.29, 1.82) is 0 Å². The fourth-order valence-electron chi connectivity index (χ4n) is 4.65. The topological polar surface area (TPSA) is 6.48 Å². The Morgan fingerprint density at radius 1 is 0.760 bits per heavy atom. The van der Waals surface area contributed by atoms with E-state index < -0.39 is 0 Å². The second-order valence-corrected chi connectivity index (χ2v) is 7.67. The van der Waals surface area contributed by atoms with Gasteiger partial charge in [-0.2, -0.15) is 0 Å². The Hall–Kier alpha value is -1.64. The van der Waals surface area contributed by atoms with Crippen LogP contribution < -0.4 is 0 Å². The molecule has 2 saturated heterocycles. The van der Waals surface area contributed by atoms with Crippen LogP contribution in [0.5, 0.6) is 0 Å². The van der Waals surface area contributed by atoms with Crippen LogP contribution in [0.1, 0.15) is 42.7 Å². The van der Waals surface area contributed by atoms with Crippen molar-refractivity contribution in [2.24, 2.45) is 0 Å². The molecule has 132 valence electrons. The zero-order chi connectivity index (χ0) is 16.9. The van der Waals surface area contributed by atoms with Crippen molar-refractivity contribution in [2.45, 2.75) is 37.6 Å². The van der Waals surface area contributed by atoms with E-state index >= 15 is 0 Å². The van der Waals surface area contributed by atoms with E-state index in [2.05, 4.69) is 70.5 Å². The van der Waals surface area contributed by atoms with Crippen LogP contribution in [0.15, 0.2) is 60.7 Å². The molecule has 0 bridgehead atoms. The molecule has 1 unspecified atom stereocenters. The van der Waals surface area contributed by atoms with Crippen LogP contribution in [0, 0.1) is 0 Å². The molecule has 0 aromatic heterocycles. The molecule has 0 aliphatic carbocycles. The van der Waals surface area contributed by atoms with Gasteiger partial charge in [0, 0.05) is 25.0 Å². The Morgan fingerprint density at radius 3 is 2.08 bits per heavy atom. The maximum absolute atomic E-state index is 2.75. The van der Waals surface area contributed by atoms with Gasteiger partial charge >= 0.3 is 0 Å². The van der Waals surface area contributed by atoms with Crippen molar-refractivity contribution in [1.82, 2.24) is 9.80 Å². The Labute approximate surface area is 152 Å². The van der Waals surface area contributed by atoms with Crippen molar-refractivity contribution in [2.75, 3.05) is 32.7 Å². The fourth-order valence-corrected chi connectivity index (χ4v) is 4.65.